The van der Waals surface area contributed by atoms with E-state index in [1.165, 1.54) is 52.2 Å². The normalized spacial score (nSPS) is 12.6. The fourth-order valence-corrected chi connectivity index (χ4v) is 8.01. The van der Waals surface area contributed by atoms with E-state index in [1.54, 1.807) is 0 Å². The van der Waals surface area contributed by atoms with Crippen LogP contribution in [0.15, 0.2) is 91.3 Å². The molecule has 2 aromatic carbocycles. The highest BCUT2D eigenvalue weighted by Crippen LogP contribution is 2.44. The first-order valence-electron chi connectivity index (χ1n) is 14.1. The molecule has 0 amide bonds. The minimum Gasteiger partial charge on any atom is -0.301 e. The second kappa shape index (κ2) is 9.37. The molecule has 5 heteroatoms. The molecule has 204 valence electrons. The molecule has 0 N–H and O–H groups in total. The van der Waals surface area contributed by atoms with Gasteiger partial charge < -0.3 is 4.57 Å². The molecule has 5 aromatic heterocycles. The van der Waals surface area contributed by atoms with Crippen LogP contribution < -0.4 is 0 Å². The largest absolute Gasteiger partial charge is 0.301 e. The standard InChI is InChI=1S/C36H33N3S2/c1-35(2,3)22-12-14-28-25(18-22)26-19-23(36(4,5)6)13-15-29(26)39(28)33-21-32-31(41-33)20-30(40-32)24-10-9-17-38-34(24)27-11-7-8-16-37-27/h7-21H,1-6H3. The SMILES string of the molecule is CC(C)(C)c1ccc2c(c1)c1cc(C(C)(C)C)ccc1n2-c1cc2sc(-c3cccnc3-c3ccccn3)cc2s1. The summed E-state index contributed by atoms with van der Waals surface area (Å²) in [6.45, 7) is 13.8. The van der Waals surface area contributed by atoms with Gasteiger partial charge in [-0.3, -0.25) is 9.97 Å². The van der Waals surface area contributed by atoms with Crippen LogP contribution in [0.5, 0.6) is 0 Å². The van der Waals surface area contributed by atoms with E-state index < -0.39 is 0 Å². The van der Waals surface area contributed by atoms with Gasteiger partial charge in [0, 0.05) is 43.0 Å². The van der Waals surface area contributed by atoms with Crippen LogP contribution in [0.4, 0.5) is 0 Å². The highest BCUT2D eigenvalue weighted by Gasteiger charge is 2.22. The van der Waals surface area contributed by atoms with Crippen molar-refractivity contribution >= 4 is 53.9 Å². The van der Waals surface area contributed by atoms with Crippen LogP contribution >= 0.6 is 22.7 Å². The first kappa shape index (κ1) is 26.1. The molecule has 7 rings (SSSR count). The summed E-state index contributed by atoms with van der Waals surface area (Å²) in [6.07, 6.45) is 3.67. The second-order valence-electron chi connectivity index (χ2n) is 12.8. The van der Waals surface area contributed by atoms with Crippen LogP contribution in [-0.2, 0) is 10.8 Å². The minimum atomic E-state index is 0.0899. The van der Waals surface area contributed by atoms with Crippen molar-refractivity contribution in [3.63, 3.8) is 0 Å². The van der Waals surface area contributed by atoms with Crippen molar-refractivity contribution in [1.29, 1.82) is 0 Å². The van der Waals surface area contributed by atoms with Gasteiger partial charge in [-0.15, -0.1) is 22.7 Å². The van der Waals surface area contributed by atoms with Gasteiger partial charge in [0.25, 0.3) is 0 Å². The fourth-order valence-electron chi connectivity index (χ4n) is 5.57. The summed E-state index contributed by atoms with van der Waals surface area (Å²) in [6, 6.07) is 28.9. The van der Waals surface area contributed by atoms with E-state index in [0.29, 0.717) is 0 Å². The van der Waals surface area contributed by atoms with E-state index >= 15 is 0 Å². The lowest BCUT2D eigenvalue weighted by Crippen LogP contribution is -2.10. The average molecular weight is 572 g/mol. The molecule has 0 saturated heterocycles. The molecule has 0 aliphatic heterocycles. The molecule has 3 nitrogen and oxygen atoms in total. The van der Waals surface area contributed by atoms with Gasteiger partial charge in [0.1, 0.15) is 5.00 Å². The maximum atomic E-state index is 4.70. The first-order chi connectivity index (χ1) is 19.6. The number of hydrogen-bond acceptors (Lipinski definition) is 4. The lowest BCUT2D eigenvalue weighted by atomic mass is 9.85. The molecule has 0 unspecified atom stereocenters. The topological polar surface area (TPSA) is 30.7 Å². The molecule has 5 heterocycles. The third-order valence-corrected chi connectivity index (χ3v) is 10.2. The third-order valence-electron chi connectivity index (χ3n) is 7.89. The quantitative estimate of drug-likeness (QED) is 0.211. The molecule has 7 aromatic rings. The van der Waals surface area contributed by atoms with Gasteiger partial charge in [0.05, 0.1) is 22.4 Å². The minimum absolute atomic E-state index is 0.0899. The number of thiophene rings is 2. The predicted octanol–water partition coefficient (Wildman–Crippen LogP) is 10.8. The zero-order valence-electron chi connectivity index (χ0n) is 24.3. The Morgan fingerprint density at radius 2 is 1.24 bits per heavy atom. The van der Waals surface area contributed by atoms with Crippen molar-refractivity contribution in [3.05, 3.63) is 102 Å². The zero-order chi connectivity index (χ0) is 28.5. The number of rotatable bonds is 3. The predicted molar refractivity (Wildman–Crippen MR) is 178 cm³/mol. The summed E-state index contributed by atoms with van der Waals surface area (Å²) in [7, 11) is 0. The van der Waals surface area contributed by atoms with Crippen LogP contribution in [0.3, 0.4) is 0 Å². The van der Waals surface area contributed by atoms with Crippen molar-refractivity contribution < 1.29 is 0 Å². The number of nitrogens with zero attached hydrogens (tertiary/aromatic N) is 3. The molecule has 0 spiro atoms. The van der Waals surface area contributed by atoms with Crippen molar-refractivity contribution in [1.82, 2.24) is 14.5 Å². The molecular weight excluding hydrogens is 539 g/mol. The van der Waals surface area contributed by atoms with E-state index in [-0.39, 0.29) is 10.8 Å². The average Bonchev–Trinajstić information content (AvgIpc) is 3.61. The summed E-state index contributed by atoms with van der Waals surface area (Å²) < 4.78 is 5.05. The Morgan fingerprint density at radius 3 is 1.83 bits per heavy atom. The van der Waals surface area contributed by atoms with Crippen molar-refractivity contribution in [3.8, 4) is 26.8 Å². The second-order valence-corrected chi connectivity index (χ2v) is 15.0. The highest BCUT2D eigenvalue weighted by atomic mass is 32.1. The summed E-state index contributed by atoms with van der Waals surface area (Å²) in [4.78, 5) is 10.5. The Morgan fingerprint density at radius 1 is 0.610 bits per heavy atom. The van der Waals surface area contributed by atoms with Gasteiger partial charge in [-0.2, -0.15) is 0 Å². The van der Waals surface area contributed by atoms with Gasteiger partial charge in [-0.25, -0.2) is 0 Å². The van der Waals surface area contributed by atoms with Crippen LogP contribution in [0, 0.1) is 0 Å². The van der Waals surface area contributed by atoms with Crippen LogP contribution in [0.25, 0.3) is 58.0 Å². The van der Waals surface area contributed by atoms with Crippen LogP contribution in [0.2, 0.25) is 0 Å². The van der Waals surface area contributed by atoms with E-state index in [2.05, 4.69) is 106 Å². The van der Waals surface area contributed by atoms with Crippen molar-refractivity contribution in [2.75, 3.05) is 0 Å². The Kier molecular flexibility index (Phi) is 5.97. The Balaban J connectivity index is 1.40. The Hall–Kier alpha value is -3.80. The number of aromatic nitrogens is 3. The molecule has 0 saturated carbocycles. The number of fused-ring (bicyclic) bond motifs is 4. The maximum Gasteiger partial charge on any atom is 0.102 e. The van der Waals surface area contributed by atoms with Gasteiger partial charge in [-0.05, 0) is 82.6 Å². The summed E-state index contributed by atoms with van der Waals surface area (Å²) in [5, 5.41) is 3.90. The van der Waals surface area contributed by atoms with E-state index in [0.717, 1.165) is 17.0 Å². The fraction of sp³-hybridized carbons (Fsp3) is 0.222. The molecule has 0 bridgehead atoms. The van der Waals surface area contributed by atoms with Crippen LogP contribution in [0.1, 0.15) is 52.7 Å². The molecule has 41 heavy (non-hydrogen) atoms. The van der Waals surface area contributed by atoms with Gasteiger partial charge in [0.2, 0.25) is 0 Å². The molecule has 0 atom stereocenters. The summed E-state index contributed by atoms with van der Waals surface area (Å²) in [5.41, 5.74) is 8.38. The van der Waals surface area contributed by atoms with E-state index in [1.807, 2.05) is 59.3 Å². The summed E-state index contributed by atoms with van der Waals surface area (Å²) >= 11 is 3.69. The first-order valence-corrected chi connectivity index (χ1v) is 15.7. The smallest absolute Gasteiger partial charge is 0.102 e. The maximum absolute atomic E-state index is 4.70. The molecule has 0 aliphatic rings. The molecule has 0 fully saturated rings. The van der Waals surface area contributed by atoms with Crippen molar-refractivity contribution in [2.24, 2.45) is 0 Å². The lowest BCUT2D eigenvalue weighted by molar-refractivity contribution is 0.590. The zero-order valence-corrected chi connectivity index (χ0v) is 26.0. The van der Waals surface area contributed by atoms with E-state index in [9.17, 15) is 0 Å². The molecule has 0 aliphatic carbocycles. The third kappa shape index (κ3) is 4.48. The number of benzene rings is 2. The Labute approximate surface area is 249 Å². The van der Waals surface area contributed by atoms with Crippen molar-refractivity contribution in [2.45, 2.75) is 52.4 Å². The lowest BCUT2D eigenvalue weighted by Gasteiger charge is -2.19. The van der Waals surface area contributed by atoms with Gasteiger partial charge in [-0.1, -0.05) is 59.7 Å². The summed E-state index contributed by atoms with van der Waals surface area (Å²) in [5.74, 6) is 0. The highest BCUT2D eigenvalue weighted by molar-refractivity contribution is 7.30. The van der Waals surface area contributed by atoms with Crippen LogP contribution in [-0.4, -0.2) is 14.5 Å². The van der Waals surface area contributed by atoms with E-state index in [4.69, 9.17) is 4.98 Å². The number of pyridine rings is 2. The monoisotopic (exact) mass is 571 g/mol. The van der Waals surface area contributed by atoms with Gasteiger partial charge in [0.15, 0.2) is 0 Å². The van der Waals surface area contributed by atoms with Gasteiger partial charge >= 0.3 is 0 Å². The molecular formula is C36H33N3S2. The molecule has 0 radical (unpaired) electrons. The number of hydrogen-bond donors (Lipinski definition) is 0. The Bertz CT molecular complexity index is 1960.